The highest BCUT2D eigenvalue weighted by Crippen LogP contribution is 2.44. The summed E-state index contributed by atoms with van der Waals surface area (Å²) in [5, 5.41) is 0. The minimum atomic E-state index is 0.908. The Balaban J connectivity index is 0.966. The summed E-state index contributed by atoms with van der Waals surface area (Å²) in [6.45, 7) is 0. The third-order valence-corrected chi connectivity index (χ3v) is 18.8. The molecule has 0 saturated heterocycles. The maximum atomic E-state index is 4.89. The molecule has 3 aromatic heterocycles. The fraction of sp³-hybridized carbons (Fsp3) is 0. The summed E-state index contributed by atoms with van der Waals surface area (Å²) in [4.78, 5) is 14.7. The summed E-state index contributed by atoms with van der Waals surface area (Å²) in [6.07, 6.45) is 12.8. The monoisotopic (exact) mass is 1300 g/mol. The van der Waals surface area contributed by atoms with Crippen molar-refractivity contribution in [1.82, 2.24) is 15.0 Å². The van der Waals surface area contributed by atoms with Crippen LogP contribution in [0.5, 0.6) is 0 Å². The van der Waals surface area contributed by atoms with Gasteiger partial charge in [-0.3, -0.25) is 15.0 Å². The molecular weight excluding hydrogens is 1230 g/mol. The molecule has 0 unspecified atom stereocenters. The normalized spacial score (nSPS) is 11.7. The standard InChI is InChI=1S/C99H69N3/c1-7-28-73(29-8-1)79-40-25-43-82(64-79)94-67-85(97-46-19-22-55-100-97)49-52-88(94)91(76-34-13-4-14-35-76)61-70-58-71(62-92(77-36-15-5-16-37-77)89-53-50-86(98-47-20-23-56-101-98)68-95(89)83-44-26-41-80(65-83)74-30-9-2-10-31-74)60-72(59-70)63-93(78-38-17-6-18-39-78)90-54-51-87(99-48-21-24-57-102-99)69-96(90)84-45-27-42-81(66-84)75-32-11-3-12-33-75/h1-69H/b91-61-,92-62-,93-63?. The van der Waals surface area contributed by atoms with Gasteiger partial charge in [0.1, 0.15) is 0 Å². The van der Waals surface area contributed by atoms with Gasteiger partial charge in [-0.1, -0.05) is 291 Å². The van der Waals surface area contributed by atoms with Crippen molar-refractivity contribution in [3.8, 4) is 101 Å². The lowest BCUT2D eigenvalue weighted by molar-refractivity contribution is 1.32. The van der Waals surface area contributed by atoms with Crippen LogP contribution >= 0.6 is 0 Å². The van der Waals surface area contributed by atoms with Crippen molar-refractivity contribution in [3.63, 3.8) is 0 Å². The van der Waals surface area contributed by atoms with Crippen LogP contribution in [0.25, 0.3) is 135 Å². The molecule has 0 atom stereocenters. The van der Waals surface area contributed by atoms with Crippen LogP contribution in [0, 0.1) is 0 Å². The van der Waals surface area contributed by atoms with Crippen LogP contribution < -0.4 is 0 Å². The van der Waals surface area contributed by atoms with E-state index in [1.807, 2.05) is 36.8 Å². The van der Waals surface area contributed by atoms with Crippen LogP contribution in [0.3, 0.4) is 0 Å². The molecule has 480 valence electrons. The molecule has 13 aromatic carbocycles. The van der Waals surface area contributed by atoms with E-state index >= 15 is 0 Å². The molecular formula is C99H69N3. The van der Waals surface area contributed by atoms with Crippen LogP contribution in [0.15, 0.2) is 401 Å². The lowest BCUT2D eigenvalue weighted by atomic mass is 9.85. The highest BCUT2D eigenvalue weighted by Gasteiger charge is 2.21. The van der Waals surface area contributed by atoms with E-state index in [-0.39, 0.29) is 0 Å². The van der Waals surface area contributed by atoms with Gasteiger partial charge in [0.15, 0.2) is 0 Å². The molecule has 16 aromatic rings. The van der Waals surface area contributed by atoms with Crippen molar-refractivity contribution in [3.05, 3.63) is 451 Å². The van der Waals surface area contributed by atoms with Crippen LogP contribution in [0.4, 0.5) is 0 Å². The third kappa shape index (κ3) is 14.1. The molecule has 16 rings (SSSR count). The zero-order valence-electron chi connectivity index (χ0n) is 56.2. The Labute approximate surface area is 597 Å². The fourth-order valence-electron chi connectivity index (χ4n) is 13.9. The van der Waals surface area contributed by atoms with Gasteiger partial charge in [-0.15, -0.1) is 0 Å². The largest absolute Gasteiger partial charge is 0.256 e. The first-order valence-electron chi connectivity index (χ1n) is 34.7. The molecule has 0 aliphatic carbocycles. The molecule has 102 heavy (non-hydrogen) atoms. The summed E-state index contributed by atoms with van der Waals surface area (Å²) < 4.78 is 0. The molecule has 0 N–H and O–H groups in total. The van der Waals surface area contributed by atoms with Crippen LogP contribution in [-0.4, -0.2) is 15.0 Å². The molecule has 3 heteroatoms. The average molecular weight is 1300 g/mol. The number of hydrogen-bond donors (Lipinski definition) is 0. The predicted molar refractivity (Wildman–Crippen MR) is 428 cm³/mol. The zero-order chi connectivity index (χ0) is 68.2. The number of pyridine rings is 3. The lowest BCUT2D eigenvalue weighted by Gasteiger charge is -2.19. The van der Waals surface area contributed by atoms with Crippen LogP contribution in [-0.2, 0) is 0 Å². The van der Waals surface area contributed by atoms with Crippen molar-refractivity contribution in [2.45, 2.75) is 0 Å². The SMILES string of the molecule is C(=C(c1ccccc1)c1ccc(-c2ccccn2)cc1-c1cccc(-c2ccccc2)c1)c1cc(/C=C(/c2ccccc2)c2ccc(-c3ccccn3)cc2-c2cccc(-c3ccccc3)c2)cc(/C=C(/c2ccccc2)c2ccc(-c3ccccn3)cc2-c2cccc(-c3ccccc3)c2)c1. The number of rotatable bonds is 18. The Morgan fingerprint density at radius 3 is 0.686 bits per heavy atom. The van der Waals surface area contributed by atoms with Gasteiger partial charge in [0.2, 0.25) is 0 Å². The van der Waals surface area contributed by atoms with E-state index in [0.717, 1.165) is 167 Å². The first-order chi connectivity index (χ1) is 50.5. The van der Waals surface area contributed by atoms with Gasteiger partial charge in [-0.25, -0.2) is 0 Å². The Bertz CT molecular complexity index is 5100. The van der Waals surface area contributed by atoms with Crippen LogP contribution in [0.1, 0.15) is 50.1 Å². The van der Waals surface area contributed by atoms with E-state index in [4.69, 9.17) is 15.0 Å². The first-order valence-corrected chi connectivity index (χ1v) is 34.7. The number of aromatic nitrogens is 3. The summed E-state index contributed by atoms with van der Waals surface area (Å²) in [5.41, 5.74) is 32.1. The Hall–Kier alpha value is -13.5. The van der Waals surface area contributed by atoms with E-state index in [2.05, 4.69) is 382 Å². The first kappa shape index (κ1) is 63.3. The van der Waals surface area contributed by atoms with E-state index in [1.165, 1.54) is 0 Å². The van der Waals surface area contributed by atoms with Gasteiger partial charge in [-0.2, -0.15) is 0 Å². The topological polar surface area (TPSA) is 38.7 Å². The van der Waals surface area contributed by atoms with E-state index in [0.29, 0.717) is 0 Å². The molecule has 3 nitrogen and oxygen atoms in total. The highest BCUT2D eigenvalue weighted by atomic mass is 14.7. The quantitative estimate of drug-likeness (QED) is 0.0804. The number of benzene rings is 13. The number of hydrogen-bond acceptors (Lipinski definition) is 3. The van der Waals surface area contributed by atoms with Gasteiger partial charge in [-0.05, 0) is 243 Å². The molecule has 0 spiro atoms. The predicted octanol–water partition coefficient (Wildman–Crippen LogP) is 25.6. The van der Waals surface area contributed by atoms with Crippen molar-refractivity contribution >= 4 is 34.9 Å². The minimum absolute atomic E-state index is 0.908. The molecule has 0 fully saturated rings. The molecule has 0 aliphatic heterocycles. The highest BCUT2D eigenvalue weighted by molar-refractivity contribution is 6.03. The van der Waals surface area contributed by atoms with Crippen molar-refractivity contribution in [2.75, 3.05) is 0 Å². The molecule has 0 saturated carbocycles. The van der Waals surface area contributed by atoms with Gasteiger partial charge in [0.25, 0.3) is 0 Å². The van der Waals surface area contributed by atoms with E-state index in [9.17, 15) is 0 Å². The summed E-state index contributed by atoms with van der Waals surface area (Å²) >= 11 is 0. The second-order valence-corrected chi connectivity index (χ2v) is 25.5. The molecule has 0 bridgehead atoms. The Morgan fingerprint density at radius 2 is 0.422 bits per heavy atom. The zero-order valence-corrected chi connectivity index (χ0v) is 56.2. The van der Waals surface area contributed by atoms with Gasteiger partial charge in [0.05, 0.1) is 17.1 Å². The molecule has 3 heterocycles. The van der Waals surface area contributed by atoms with Crippen LogP contribution in [0.2, 0.25) is 0 Å². The van der Waals surface area contributed by atoms with Crippen molar-refractivity contribution < 1.29 is 0 Å². The van der Waals surface area contributed by atoms with E-state index < -0.39 is 0 Å². The van der Waals surface area contributed by atoms with Gasteiger partial charge < -0.3 is 0 Å². The van der Waals surface area contributed by atoms with Gasteiger partial charge in [0, 0.05) is 35.3 Å². The Morgan fingerprint density at radius 1 is 0.176 bits per heavy atom. The smallest absolute Gasteiger partial charge is 0.0702 e. The summed E-state index contributed by atoms with van der Waals surface area (Å²) in [7, 11) is 0. The van der Waals surface area contributed by atoms with E-state index in [1.54, 1.807) is 0 Å². The van der Waals surface area contributed by atoms with Crippen molar-refractivity contribution in [1.29, 1.82) is 0 Å². The van der Waals surface area contributed by atoms with Gasteiger partial charge >= 0.3 is 0 Å². The second-order valence-electron chi connectivity index (χ2n) is 25.5. The molecule has 0 aliphatic rings. The molecule has 0 radical (unpaired) electrons. The summed E-state index contributed by atoms with van der Waals surface area (Å²) in [5.74, 6) is 0. The second kappa shape index (κ2) is 29.7. The van der Waals surface area contributed by atoms with Crippen molar-refractivity contribution in [2.24, 2.45) is 0 Å². The maximum Gasteiger partial charge on any atom is 0.0702 e. The maximum absolute atomic E-state index is 4.89. The average Bonchev–Trinajstić information content (AvgIpc) is 0.783. The fourth-order valence-corrected chi connectivity index (χ4v) is 13.9. The minimum Gasteiger partial charge on any atom is -0.256 e. The Kier molecular flexibility index (Phi) is 18.4. The molecule has 0 amide bonds. The summed E-state index contributed by atoms with van der Waals surface area (Å²) in [6, 6.07) is 137. The third-order valence-electron chi connectivity index (χ3n) is 18.8. The number of nitrogens with zero attached hydrogens (tertiary/aromatic N) is 3. The lowest BCUT2D eigenvalue weighted by Crippen LogP contribution is -1.97.